The summed E-state index contributed by atoms with van der Waals surface area (Å²) in [5.41, 5.74) is 1.57. The Morgan fingerprint density at radius 1 is 1.19 bits per heavy atom. The molecule has 0 aliphatic carbocycles. The molecule has 1 aliphatic heterocycles. The summed E-state index contributed by atoms with van der Waals surface area (Å²) >= 11 is 2.23. The van der Waals surface area contributed by atoms with Gasteiger partial charge in [0.25, 0.3) is 11.8 Å². The third-order valence-corrected chi connectivity index (χ3v) is 3.34. The van der Waals surface area contributed by atoms with Gasteiger partial charge in [0.15, 0.2) is 0 Å². The number of hydrogen-bond donors (Lipinski definition) is 1. The summed E-state index contributed by atoms with van der Waals surface area (Å²) in [7, 11) is 0. The SMILES string of the molecule is CC(C1=CC(=O)NC1=O)c1ccc(I)cc1. The third-order valence-electron chi connectivity index (χ3n) is 2.62. The molecule has 3 nitrogen and oxygen atoms in total. The highest BCUT2D eigenvalue weighted by molar-refractivity contribution is 14.1. The van der Waals surface area contributed by atoms with Crippen molar-refractivity contribution >= 4 is 34.4 Å². The van der Waals surface area contributed by atoms with Crippen LogP contribution < -0.4 is 5.32 Å². The Bertz CT molecular complexity index is 476. The lowest BCUT2D eigenvalue weighted by atomic mass is 9.93. The molecule has 0 bridgehead atoms. The van der Waals surface area contributed by atoms with Gasteiger partial charge in [0.1, 0.15) is 0 Å². The Kier molecular flexibility index (Phi) is 3.09. The standard InChI is InChI=1S/C12H10INO2/c1-7(8-2-4-9(13)5-3-8)10-6-11(15)14-12(10)16/h2-7H,1H3,(H,14,15,16). The van der Waals surface area contributed by atoms with Crippen molar-refractivity contribution in [2.45, 2.75) is 12.8 Å². The fourth-order valence-corrected chi connectivity index (χ4v) is 2.04. The quantitative estimate of drug-likeness (QED) is 0.667. The van der Waals surface area contributed by atoms with Gasteiger partial charge < -0.3 is 0 Å². The maximum Gasteiger partial charge on any atom is 0.254 e. The maximum absolute atomic E-state index is 11.5. The number of carbonyl (C=O) groups excluding carboxylic acids is 2. The van der Waals surface area contributed by atoms with E-state index in [1.54, 1.807) is 0 Å². The zero-order chi connectivity index (χ0) is 11.7. The number of carbonyl (C=O) groups is 2. The summed E-state index contributed by atoms with van der Waals surface area (Å²) in [6.45, 7) is 1.92. The van der Waals surface area contributed by atoms with Crippen molar-refractivity contribution in [3.8, 4) is 0 Å². The lowest BCUT2D eigenvalue weighted by molar-refractivity contribution is -0.123. The fourth-order valence-electron chi connectivity index (χ4n) is 1.68. The molecule has 1 aliphatic rings. The van der Waals surface area contributed by atoms with Gasteiger partial charge in [-0.15, -0.1) is 0 Å². The van der Waals surface area contributed by atoms with Crippen molar-refractivity contribution in [2.24, 2.45) is 0 Å². The van der Waals surface area contributed by atoms with Crippen LogP contribution >= 0.6 is 22.6 Å². The molecule has 0 saturated heterocycles. The first-order chi connectivity index (χ1) is 7.58. The summed E-state index contributed by atoms with van der Waals surface area (Å²) in [4.78, 5) is 22.5. The molecule has 2 rings (SSSR count). The van der Waals surface area contributed by atoms with Crippen molar-refractivity contribution in [3.63, 3.8) is 0 Å². The molecule has 0 saturated carbocycles. The molecule has 1 aromatic rings. The van der Waals surface area contributed by atoms with E-state index < -0.39 is 0 Å². The average Bonchev–Trinajstić information content (AvgIpc) is 2.58. The number of halogens is 1. The smallest absolute Gasteiger partial charge is 0.254 e. The molecule has 4 heteroatoms. The number of benzene rings is 1. The minimum absolute atomic E-state index is 0.0524. The number of nitrogens with one attached hydrogen (secondary N) is 1. The topological polar surface area (TPSA) is 46.2 Å². The molecule has 2 amide bonds. The van der Waals surface area contributed by atoms with E-state index in [1.165, 1.54) is 6.08 Å². The Balaban J connectivity index is 2.29. The second-order valence-electron chi connectivity index (χ2n) is 3.69. The second-order valence-corrected chi connectivity index (χ2v) is 4.94. The number of hydrogen-bond acceptors (Lipinski definition) is 2. The largest absolute Gasteiger partial charge is 0.289 e. The van der Waals surface area contributed by atoms with Crippen molar-refractivity contribution in [3.05, 3.63) is 45.0 Å². The van der Waals surface area contributed by atoms with Crippen LogP contribution in [0, 0.1) is 3.57 Å². The van der Waals surface area contributed by atoms with E-state index in [-0.39, 0.29) is 17.7 Å². The van der Waals surface area contributed by atoms with Crippen molar-refractivity contribution in [2.75, 3.05) is 0 Å². The second kappa shape index (κ2) is 4.37. The van der Waals surface area contributed by atoms with Crippen LogP contribution in [-0.4, -0.2) is 11.8 Å². The summed E-state index contributed by atoms with van der Waals surface area (Å²) in [5.74, 6) is -0.656. The molecular weight excluding hydrogens is 317 g/mol. The normalized spacial score (nSPS) is 17.0. The predicted molar refractivity (Wildman–Crippen MR) is 68.8 cm³/mol. The van der Waals surface area contributed by atoms with Crippen LogP contribution in [0.5, 0.6) is 0 Å². The molecule has 1 heterocycles. The lowest BCUT2D eigenvalue weighted by Crippen LogP contribution is -2.23. The molecule has 0 fully saturated rings. The van der Waals surface area contributed by atoms with Crippen LogP contribution in [0.4, 0.5) is 0 Å². The minimum Gasteiger partial charge on any atom is -0.289 e. The third kappa shape index (κ3) is 2.16. The van der Waals surface area contributed by atoms with Gasteiger partial charge in [0.2, 0.25) is 0 Å². The zero-order valence-electron chi connectivity index (χ0n) is 8.66. The van der Waals surface area contributed by atoms with E-state index in [9.17, 15) is 9.59 Å². The summed E-state index contributed by atoms with van der Waals surface area (Å²) in [5, 5.41) is 2.26. The van der Waals surface area contributed by atoms with E-state index in [0.29, 0.717) is 5.57 Å². The predicted octanol–water partition coefficient (Wildman–Crippen LogP) is 1.98. The highest BCUT2D eigenvalue weighted by Gasteiger charge is 2.25. The highest BCUT2D eigenvalue weighted by atomic mass is 127. The van der Waals surface area contributed by atoms with Gasteiger partial charge in [-0.05, 0) is 40.3 Å². The average molecular weight is 327 g/mol. The van der Waals surface area contributed by atoms with E-state index in [4.69, 9.17) is 0 Å². The molecule has 0 spiro atoms. The van der Waals surface area contributed by atoms with Crippen molar-refractivity contribution < 1.29 is 9.59 Å². The van der Waals surface area contributed by atoms with Crippen molar-refractivity contribution in [1.82, 2.24) is 5.32 Å². The summed E-state index contributed by atoms with van der Waals surface area (Å²) < 4.78 is 1.15. The first kappa shape index (κ1) is 11.3. The van der Waals surface area contributed by atoms with Crippen LogP contribution in [0.25, 0.3) is 0 Å². The molecule has 0 radical (unpaired) electrons. The first-order valence-electron chi connectivity index (χ1n) is 4.90. The van der Waals surface area contributed by atoms with Gasteiger partial charge in [-0.25, -0.2) is 0 Å². The molecule has 1 unspecified atom stereocenters. The van der Waals surface area contributed by atoms with E-state index >= 15 is 0 Å². The Morgan fingerprint density at radius 2 is 1.81 bits per heavy atom. The van der Waals surface area contributed by atoms with E-state index in [1.807, 2.05) is 31.2 Å². The van der Waals surface area contributed by atoms with E-state index in [2.05, 4.69) is 27.9 Å². The van der Waals surface area contributed by atoms with Gasteiger partial charge in [-0.2, -0.15) is 0 Å². The zero-order valence-corrected chi connectivity index (χ0v) is 10.8. The minimum atomic E-state index is -0.322. The maximum atomic E-state index is 11.5. The Hall–Kier alpha value is -1.17. The van der Waals surface area contributed by atoms with Crippen molar-refractivity contribution in [1.29, 1.82) is 0 Å². The summed E-state index contributed by atoms with van der Waals surface area (Å²) in [6, 6.07) is 7.93. The van der Waals surface area contributed by atoms with Crippen LogP contribution in [0.1, 0.15) is 18.4 Å². The number of rotatable bonds is 2. The van der Waals surface area contributed by atoms with Gasteiger partial charge in [0.05, 0.1) is 0 Å². The van der Waals surface area contributed by atoms with Crippen LogP contribution in [0.3, 0.4) is 0 Å². The fraction of sp³-hybridized carbons (Fsp3) is 0.167. The van der Waals surface area contributed by atoms with Gasteiger partial charge >= 0.3 is 0 Å². The molecular formula is C12H10INO2. The van der Waals surface area contributed by atoms with Gasteiger partial charge in [-0.1, -0.05) is 19.1 Å². The number of imide groups is 1. The van der Waals surface area contributed by atoms with Gasteiger partial charge in [-0.3, -0.25) is 14.9 Å². The van der Waals surface area contributed by atoms with E-state index in [0.717, 1.165) is 9.13 Å². The van der Waals surface area contributed by atoms with Crippen LogP contribution in [-0.2, 0) is 9.59 Å². The monoisotopic (exact) mass is 327 g/mol. The molecule has 0 aromatic heterocycles. The van der Waals surface area contributed by atoms with Gasteiger partial charge in [0, 0.05) is 21.1 Å². The number of amides is 2. The molecule has 1 N–H and O–H groups in total. The van der Waals surface area contributed by atoms with Crippen LogP contribution in [0.15, 0.2) is 35.9 Å². The molecule has 1 aromatic carbocycles. The first-order valence-corrected chi connectivity index (χ1v) is 5.98. The Labute approximate surface area is 107 Å². The van der Waals surface area contributed by atoms with Crippen LogP contribution in [0.2, 0.25) is 0 Å². The molecule has 1 atom stereocenters. The lowest BCUT2D eigenvalue weighted by Gasteiger charge is -2.11. The highest BCUT2D eigenvalue weighted by Crippen LogP contribution is 2.26. The Morgan fingerprint density at radius 3 is 2.31 bits per heavy atom. The summed E-state index contributed by atoms with van der Waals surface area (Å²) in [6.07, 6.45) is 1.38. The molecule has 82 valence electrons. The molecule has 16 heavy (non-hydrogen) atoms.